The zero-order valence-corrected chi connectivity index (χ0v) is 20.3. The van der Waals surface area contributed by atoms with Gasteiger partial charge in [0.05, 0.1) is 12.7 Å². The maximum Gasteiger partial charge on any atom is 0.268 e. The van der Waals surface area contributed by atoms with Gasteiger partial charge in [-0.25, -0.2) is 0 Å². The summed E-state index contributed by atoms with van der Waals surface area (Å²) in [4.78, 5) is 24.3. The van der Waals surface area contributed by atoms with Gasteiger partial charge in [0.2, 0.25) is 0 Å². The standard InChI is InChI=1S/C27H33O5P/c1-21(2)32-33(29,30)31-19-11-4-3-8-15-25(28)20-24-18-17-22-12-9-10-16-26(22)27(24)23-13-6-5-7-14-23/h5-7,9-10,12-14,16-18,21H,3-4,8,11,15,19-20H2,1-2H3,(H,29,30)/p-1. The van der Waals surface area contributed by atoms with Crippen molar-refractivity contribution in [2.45, 2.75) is 58.5 Å². The molecule has 0 heterocycles. The molecular weight excluding hydrogens is 435 g/mol. The average molecular weight is 468 g/mol. The van der Waals surface area contributed by atoms with Crippen molar-refractivity contribution in [2.24, 2.45) is 0 Å². The molecule has 33 heavy (non-hydrogen) atoms. The molecule has 0 aliphatic heterocycles. The fraction of sp³-hybridized carbons (Fsp3) is 0.370. The molecule has 176 valence electrons. The van der Waals surface area contributed by atoms with Gasteiger partial charge in [0.1, 0.15) is 5.78 Å². The third-order valence-corrected chi connectivity index (χ3v) is 6.58. The van der Waals surface area contributed by atoms with Gasteiger partial charge in [-0.3, -0.25) is 9.36 Å². The molecule has 0 fully saturated rings. The van der Waals surface area contributed by atoms with Gasteiger partial charge in [-0.15, -0.1) is 0 Å². The van der Waals surface area contributed by atoms with Crippen molar-refractivity contribution in [2.75, 3.05) is 6.61 Å². The molecule has 3 aromatic rings. The number of ketones is 1. The van der Waals surface area contributed by atoms with Crippen LogP contribution < -0.4 is 4.89 Å². The quantitative estimate of drug-likeness (QED) is 0.212. The van der Waals surface area contributed by atoms with Crippen LogP contribution in [-0.4, -0.2) is 18.5 Å². The van der Waals surface area contributed by atoms with Crippen molar-refractivity contribution in [1.29, 1.82) is 0 Å². The Morgan fingerprint density at radius 1 is 0.909 bits per heavy atom. The number of phosphoric ester groups is 1. The van der Waals surface area contributed by atoms with Gasteiger partial charge in [0.15, 0.2) is 0 Å². The number of carbonyl (C=O) groups is 1. The Hall–Kier alpha value is -2.30. The van der Waals surface area contributed by atoms with E-state index in [2.05, 4.69) is 36.4 Å². The molecule has 0 saturated heterocycles. The second-order valence-electron chi connectivity index (χ2n) is 8.50. The summed E-state index contributed by atoms with van der Waals surface area (Å²) in [7, 11) is -4.21. The van der Waals surface area contributed by atoms with Crippen LogP contribution in [0.25, 0.3) is 21.9 Å². The third kappa shape index (κ3) is 7.90. The highest BCUT2D eigenvalue weighted by molar-refractivity contribution is 7.45. The number of benzene rings is 3. The van der Waals surface area contributed by atoms with Gasteiger partial charge in [-0.2, -0.15) is 0 Å². The van der Waals surface area contributed by atoms with Crippen molar-refractivity contribution in [3.05, 3.63) is 72.3 Å². The number of phosphoric acid groups is 1. The molecule has 1 unspecified atom stereocenters. The van der Waals surface area contributed by atoms with Crippen molar-refractivity contribution < 1.29 is 23.3 Å². The Labute approximate surface area is 196 Å². The smallest absolute Gasteiger partial charge is 0.268 e. The Balaban J connectivity index is 1.51. The Morgan fingerprint density at radius 2 is 1.61 bits per heavy atom. The minimum atomic E-state index is -4.21. The minimum Gasteiger partial charge on any atom is -0.756 e. The lowest BCUT2D eigenvalue weighted by atomic mass is 9.90. The number of hydrogen-bond acceptors (Lipinski definition) is 5. The van der Waals surface area contributed by atoms with E-state index in [9.17, 15) is 14.3 Å². The van der Waals surface area contributed by atoms with Crippen LogP contribution in [0.15, 0.2) is 66.7 Å². The summed E-state index contributed by atoms with van der Waals surface area (Å²) in [5.41, 5.74) is 3.30. The average Bonchev–Trinajstić information content (AvgIpc) is 2.78. The first-order valence-corrected chi connectivity index (χ1v) is 13.0. The summed E-state index contributed by atoms with van der Waals surface area (Å²) in [6.07, 6.45) is 3.55. The topological polar surface area (TPSA) is 75.7 Å². The lowest BCUT2D eigenvalue weighted by Crippen LogP contribution is -2.13. The van der Waals surface area contributed by atoms with Gasteiger partial charge >= 0.3 is 0 Å². The van der Waals surface area contributed by atoms with Crippen molar-refractivity contribution in [3.8, 4) is 11.1 Å². The molecule has 3 rings (SSSR count). The number of unbranched alkanes of at least 4 members (excludes halogenated alkanes) is 3. The highest BCUT2D eigenvalue weighted by Crippen LogP contribution is 2.39. The molecule has 0 aliphatic rings. The van der Waals surface area contributed by atoms with E-state index >= 15 is 0 Å². The van der Waals surface area contributed by atoms with Gasteiger partial charge in [0, 0.05) is 12.8 Å². The van der Waals surface area contributed by atoms with E-state index in [-0.39, 0.29) is 12.4 Å². The Bertz CT molecular complexity index is 1090. The largest absolute Gasteiger partial charge is 0.756 e. The lowest BCUT2D eigenvalue weighted by Gasteiger charge is -2.24. The van der Waals surface area contributed by atoms with Gasteiger partial charge in [0.25, 0.3) is 7.82 Å². The molecule has 0 radical (unpaired) electrons. The Morgan fingerprint density at radius 3 is 2.36 bits per heavy atom. The summed E-state index contributed by atoms with van der Waals surface area (Å²) in [5.74, 6) is 0.216. The van der Waals surface area contributed by atoms with Crippen molar-refractivity contribution >= 4 is 24.4 Å². The van der Waals surface area contributed by atoms with E-state index in [1.807, 2.05) is 30.3 Å². The van der Waals surface area contributed by atoms with Crippen molar-refractivity contribution in [3.63, 3.8) is 0 Å². The maximum atomic E-state index is 12.7. The van der Waals surface area contributed by atoms with E-state index < -0.39 is 13.9 Å². The van der Waals surface area contributed by atoms with Crippen LogP contribution in [-0.2, 0) is 24.8 Å². The summed E-state index contributed by atoms with van der Waals surface area (Å²) >= 11 is 0. The highest BCUT2D eigenvalue weighted by atomic mass is 31.2. The van der Waals surface area contributed by atoms with Crippen LogP contribution in [0.3, 0.4) is 0 Å². The summed E-state index contributed by atoms with van der Waals surface area (Å²) in [6.45, 7) is 3.40. The molecule has 0 amide bonds. The van der Waals surface area contributed by atoms with Crippen LogP contribution in [0.4, 0.5) is 0 Å². The first-order chi connectivity index (χ1) is 15.9. The predicted octanol–water partition coefficient (Wildman–Crippen LogP) is 6.48. The molecule has 3 aromatic carbocycles. The monoisotopic (exact) mass is 467 g/mol. The van der Waals surface area contributed by atoms with Crippen molar-refractivity contribution in [1.82, 2.24) is 0 Å². The number of rotatable bonds is 13. The van der Waals surface area contributed by atoms with Gasteiger partial charge in [-0.1, -0.05) is 79.6 Å². The highest BCUT2D eigenvalue weighted by Gasteiger charge is 2.14. The molecule has 0 spiro atoms. The second kappa shape index (κ2) is 12.2. The maximum absolute atomic E-state index is 12.7. The molecule has 0 aliphatic carbocycles. The summed E-state index contributed by atoms with van der Waals surface area (Å²) < 4.78 is 21.1. The first-order valence-electron chi connectivity index (χ1n) is 11.6. The first kappa shape index (κ1) is 25.3. The van der Waals surface area contributed by atoms with Gasteiger partial charge in [-0.05, 0) is 54.2 Å². The number of fused-ring (bicyclic) bond motifs is 1. The Kier molecular flexibility index (Phi) is 9.40. The molecule has 1 atom stereocenters. The molecular formula is C27H32O5P-. The summed E-state index contributed by atoms with van der Waals surface area (Å²) in [5, 5.41) is 2.32. The predicted molar refractivity (Wildman–Crippen MR) is 131 cm³/mol. The normalized spacial score (nSPS) is 13.3. The van der Waals surface area contributed by atoms with Gasteiger partial charge < -0.3 is 13.9 Å². The molecule has 0 bridgehead atoms. The number of carbonyl (C=O) groups excluding carboxylic acids is 1. The molecule has 0 saturated carbocycles. The molecule has 0 N–H and O–H groups in total. The zero-order valence-electron chi connectivity index (χ0n) is 19.4. The van der Waals surface area contributed by atoms with E-state index in [0.717, 1.165) is 46.7 Å². The van der Waals surface area contributed by atoms with Crippen LogP contribution in [0.5, 0.6) is 0 Å². The third-order valence-electron chi connectivity index (χ3n) is 5.40. The summed E-state index contributed by atoms with van der Waals surface area (Å²) in [6, 6.07) is 22.6. The fourth-order valence-corrected chi connectivity index (χ4v) is 4.88. The number of Topliss-reactive ketones (excluding diaryl/α,β-unsaturated/α-hetero) is 1. The van der Waals surface area contributed by atoms with Crippen LogP contribution in [0.1, 0.15) is 51.5 Å². The fourth-order valence-electron chi connectivity index (χ4n) is 3.95. The SMILES string of the molecule is CC(C)OP(=O)([O-])OCCCCCCC(=O)Cc1ccc2ccccc2c1-c1ccccc1. The van der Waals surface area contributed by atoms with Crippen LogP contribution in [0.2, 0.25) is 0 Å². The van der Waals surface area contributed by atoms with E-state index in [4.69, 9.17) is 9.05 Å². The van der Waals surface area contributed by atoms with E-state index in [1.54, 1.807) is 13.8 Å². The zero-order chi connectivity index (χ0) is 23.7. The van der Waals surface area contributed by atoms with E-state index in [1.165, 1.54) is 0 Å². The number of hydrogen-bond donors (Lipinski definition) is 0. The second-order valence-corrected chi connectivity index (χ2v) is 9.86. The van der Waals surface area contributed by atoms with Crippen LogP contribution in [0, 0.1) is 0 Å². The van der Waals surface area contributed by atoms with E-state index in [0.29, 0.717) is 19.3 Å². The molecule has 5 nitrogen and oxygen atoms in total. The molecule has 6 heteroatoms. The molecule has 0 aromatic heterocycles. The minimum absolute atomic E-state index is 0.110. The van der Waals surface area contributed by atoms with Crippen LogP contribution >= 0.6 is 7.82 Å². The lowest BCUT2D eigenvalue weighted by molar-refractivity contribution is -0.228.